The van der Waals surface area contributed by atoms with E-state index in [0.717, 1.165) is 19.4 Å². The monoisotopic (exact) mass is 277 g/mol. The summed E-state index contributed by atoms with van der Waals surface area (Å²) in [4.78, 5) is 22.1. The van der Waals surface area contributed by atoms with Crippen LogP contribution in [0.5, 0.6) is 0 Å². The van der Waals surface area contributed by atoms with Crippen LogP contribution in [-0.2, 0) is 0 Å². The van der Waals surface area contributed by atoms with Crippen LogP contribution in [0.15, 0.2) is 12.4 Å². The molecule has 2 unspecified atom stereocenters. The molecule has 1 aliphatic carbocycles. The zero-order valence-electron chi connectivity index (χ0n) is 12.0. The summed E-state index contributed by atoms with van der Waals surface area (Å²) in [6.07, 6.45) is 7.71. The minimum absolute atomic E-state index is 0.246. The normalized spacial score (nSPS) is 22.5. The first-order valence-corrected chi connectivity index (χ1v) is 7.26. The molecule has 2 rings (SSSR count). The van der Waals surface area contributed by atoms with E-state index in [1.54, 1.807) is 6.20 Å². The molecule has 6 heteroatoms. The first-order chi connectivity index (χ1) is 9.69. The summed E-state index contributed by atoms with van der Waals surface area (Å²) in [5.41, 5.74) is 11.6. The molecule has 4 N–H and O–H groups in total. The van der Waals surface area contributed by atoms with E-state index in [-0.39, 0.29) is 5.69 Å². The van der Waals surface area contributed by atoms with E-state index in [1.165, 1.54) is 19.0 Å². The number of carbonyl (C=O) groups is 1. The summed E-state index contributed by atoms with van der Waals surface area (Å²) in [5, 5.41) is 0. The van der Waals surface area contributed by atoms with Crippen LogP contribution in [0.3, 0.4) is 0 Å². The number of primary amides is 1. The fourth-order valence-corrected chi connectivity index (χ4v) is 3.13. The summed E-state index contributed by atoms with van der Waals surface area (Å²) in [6.45, 7) is 3.48. The zero-order chi connectivity index (χ0) is 14.5. The van der Waals surface area contributed by atoms with E-state index >= 15 is 0 Å². The van der Waals surface area contributed by atoms with Crippen molar-refractivity contribution < 1.29 is 4.79 Å². The van der Waals surface area contributed by atoms with Crippen molar-refractivity contribution in [3.63, 3.8) is 0 Å². The summed E-state index contributed by atoms with van der Waals surface area (Å²) in [7, 11) is 0. The molecule has 0 aliphatic heterocycles. The van der Waals surface area contributed by atoms with Gasteiger partial charge in [0.05, 0.1) is 0 Å². The lowest BCUT2D eigenvalue weighted by Crippen LogP contribution is -2.46. The van der Waals surface area contributed by atoms with Gasteiger partial charge in [-0.1, -0.05) is 12.8 Å². The quantitative estimate of drug-likeness (QED) is 0.834. The SMILES string of the molecule is CCN(c1nccnc1C(N)=O)C1CCCCC1CN. The molecule has 2 atom stereocenters. The number of nitrogens with zero attached hydrogens (tertiary/aromatic N) is 3. The molecule has 0 saturated heterocycles. The maximum absolute atomic E-state index is 11.5. The largest absolute Gasteiger partial charge is 0.364 e. The van der Waals surface area contributed by atoms with Crippen LogP contribution in [0.25, 0.3) is 0 Å². The first-order valence-electron chi connectivity index (χ1n) is 7.26. The van der Waals surface area contributed by atoms with E-state index in [9.17, 15) is 4.79 Å². The molecule has 0 radical (unpaired) electrons. The molecule has 110 valence electrons. The lowest BCUT2D eigenvalue weighted by molar-refractivity contribution is 0.0995. The highest BCUT2D eigenvalue weighted by Gasteiger charge is 2.31. The molecule has 1 saturated carbocycles. The predicted molar refractivity (Wildman–Crippen MR) is 78.4 cm³/mol. The molecule has 6 nitrogen and oxygen atoms in total. The third kappa shape index (κ3) is 2.90. The van der Waals surface area contributed by atoms with Crippen molar-refractivity contribution in [3.05, 3.63) is 18.1 Å². The van der Waals surface area contributed by atoms with Gasteiger partial charge in [-0.15, -0.1) is 0 Å². The average molecular weight is 277 g/mol. The molecule has 0 aromatic carbocycles. The number of aromatic nitrogens is 2. The Balaban J connectivity index is 2.34. The van der Waals surface area contributed by atoms with Gasteiger partial charge in [0.2, 0.25) is 0 Å². The maximum Gasteiger partial charge on any atom is 0.271 e. The molecular weight excluding hydrogens is 254 g/mol. The number of nitrogens with two attached hydrogens (primary N) is 2. The van der Waals surface area contributed by atoms with Crippen LogP contribution >= 0.6 is 0 Å². The third-order valence-corrected chi connectivity index (χ3v) is 4.10. The fraction of sp³-hybridized carbons (Fsp3) is 0.643. The van der Waals surface area contributed by atoms with Gasteiger partial charge in [-0.05, 0) is 32.2 Å². The highest BCUT2D eigenvalue weighted by atomic mass is 16.1. The van der Waals surface area contributed by atoms with Crippen molar-refractivity contribution in [1.29, 1.82) is 0 Å². The van der Waals surface area contributed by atoms with Crippen LogP contribution in [0, 0.1) is 5.92 Å². The molecular formula is C14H23N5O. The lowest BCUT2D eigenvalue weighted by atomic mass is 9.83. The molecule has 20 heavy (non-hydrogen) atoms. The number of hydrogen-bond donors (Lipinski definition) is 2. The summed E-state index contributed by atoms with van der Waals surface area (Å²) >= 11 is 0. The van der Waals surface area contributed by atoms with Gasteiger partial charge in [-0.3, -0.25) is 4.79 Å². The Morgan fingerprint density at radius 1 is 1.35 bits per heavy atom. The van der Waals surface area contributed by atoms with Crippen LogP contribution < -0.4 is 16.4 Å². The van der Waals surface area contributed by atoms with Crippen molar-refractivity contribution in [1.82, 2.24) is 9.97 Å². The minimum atomic E-state index is -0.536. The summed E-state index contributed by atoms with van der Waals surface area (Å²) in [5.74, 6) is 0.492. The predicted octanol–water partition coefficient (Wildman–Crippen LogP) is 0.919. The molecule has 1 amide bonds. The molecule has 1 aliphatic rings. The second kappa shape index (κ2) is 6.65. The Bertz CT molecular complexity index is 465. The Hall–Kier alpha value is -1.69. The van der Waals surface area contributed by atoms with Gasteiger partial charge in [0, 0.05) is 25.0 Å². The first kappa shape index (κ1) is 14.7. The molecule has 1 heterocycles. The van der Waals surface area contributed by atoms with Crippen molar-refractivity contribution in [3.8, 4) is 0 Å². The van der Waals surface area contributed by atoms with E-state index in [2.05, 4.69) is 21.8 Å². The third-order valence-electron chi connectivity index (χ3n) is 4.10. The lowest BCUT2D eigenvalue weighted by Gasteiger charge is -2.40. The summed E-state index contributed by atoms with van der Waals surface area (Å²) < 4.78 is 0. The van der Waals surface area contributed by atoms with Crippen LogP contribution in [-0.4, -0.2) is 35.0 Å². The van der Waals surface area contributed by atoms with Gasteiger partial charge in [0.25, 0.3) is 5.91 Å². The second-order valence-electron chi connectivity index (χ2n) is 5.23. The van der Waals surface area contributed by atoms with Gasteiger partial charge in [0.1, 0.15) is 0 Å². The molecule has 1 aromatic heterocycles. The fourth-order valence-electron chi connectivity index (χ4n) is 3.13. The Labute approximate surface area is 119 Å². The van der Waals surface area contributed by atoms with Gasteiger partial charge in [-0.2, -0.15) is 0 Å². The highest BCUT2D eigenvalue weighted by Crippen LogP contribution is 2.31. The molecule has 1 fully saturated rings. The Morgan fingerprint density at radius 3 is 2.70 bits per heavy atom. The molecule has 1 aromatic rings. The van der Waals surface area contributed by atoms with Crippen LogP contribution in [0.1, 0.15) is 43.1 Å². The summed E-state index contributed by atoms with van der Waals surface area (Å²) in [6, 6.07) is 0.313. The van der Waals surface area contributed by atoms with Crippen molar-refractivity contribution >= 4 is 11.7 Å². The number of rotatable bonds is 5. The van der Waals surface area contributed by atoms with Crippen molar-refractivity contribution in [2.75, 3.05) is 18.0 Å². The maximum atomic E-state index is 11.5. The van der Waals surface area contributed by atoms with Crippen LogP contribution in [0.2, 0.25) is 0 Å². The van der Waals surface area contributed by atoms with E-state index in [1.807, 2.05) is 0 Å². The highest BCUT2D eigenvalue weighted by molar-refractivity contribution is 5.95. The standard InChI is InChI=1S/C14H23N5O/c1-2-19(11-6-4-3-5-10(11)9-15)14-12(13(16)20)17-7-8-18-14/h7-8,10-11H,2-6,9,15H2,1H3,(H2,16,20). The molecule has 0 spiro atoms. The second-order valence-corrected chi connectivity index (χ2v) is 5.23. The number of anilines is 1. The van der Waals surface area contributed by atoms with Crippen LogP contribution in [0.4, 0.5) is 5.82 Å². The Morgan fingerprint density at radius 2 is 2.05 bits per heavy atom. The molecule has 0 bridgehead atoms. The number of hydrogen-bond acceptors (Lipinski definition) is 5. The number of amides is 1. The van der Waals surface area contributed by atoms with E-state index < -0.39 is 5.91 Å². The topological polar surface area (TPSA) is 98.1 Å². The van der Waals surface area contributed by atoms with Crippen molar-refractivity contribution in [2.45, 2.75) is 38.6 Å². The van der Waals surface area contributed by atoms with E-state index in [0.29, 0.717) is 24.3 Å². The van der Waals surface area contributed by atoms with Gasteiger partial charge in [0.15, 0.2) is 11.5 Å². The van der Waals surface area contributed by atoms with Gasteiger partial charge >= 0.3 is 0 Å². The number of carbonyl (C=O) groups excluding carboxylic acids is 1. The van der Waals surface area contributed by atoms with E-state index in [4.69, 9.17) is 11.5 Å². The van der Waals surface area contributed by atoms with Gasteiger partial charge < -0.3 is 16.4 Å². The Kier molecular flexibility index (Phi) is 4.89. The minimum Gasteiger partial charge on any atom is -0.364 e. The van der Waals surface area contributed by atoms with Gasteiger partial charge in [-0.25, -0.2) is 9.97 Å². The smallest absolute Gasteiger partial charge is 0.271 e. The zero-order valence-corrected chi connectivity index (χ0v) is 12.0. The average Bonchev–Trinajstić information content (AvgIpc) is 2.49. The van der Waals surface area contributed by atoms with Crippen molar-refractivity contribution in [2.24, 2.45) is 17.4 Å².